The summed E-state index contributed by atoms with van der Waals surface area (Å²) in [5, 5.41) is 4.21. The van der Waals surface area contributed by atoms with E-state index in [9.17, 15) is 4.79 Å². The van der Waals surface area contributed by atoms with E-state index in [4.69, 9.17) is 4.74 Å². The van der Waals surface area contributed by atoms with Crippen molar-refractivity contribution in [3.8, 4) is 5.75 Å². The first kappa shape index (κ1) is 17.4. The van der Waals surface area contributed by atoms with Gasteiger partial charge in [0.2, 0.25) is 0 Å². The van der Waals surface area contributed by atoms with Crippen molar-refractivity contribution in [2.45, 2.75) is 25.3 Å². The van der Waals surface area contributed by atoms with Crippen molar-refractivity contribution in [3.63, 3.8) is 0 Å². The third-order valence-electron chi connectivity index (χ3n) is 5.31. The highest BCUT2D eigenvalue weighted by molar-refractivity contribution is 5.80. The van der Waals surface area contributed by atoms with Crippen LogP contribution in [0.5, 0.6) is 5.75 Å². The number of fused-ring (bicyclic) bond motifs is 1. The first-order valence-electron chi connectivity index (χ1n) is 9.32. The summed E-state index contributed by atoms with van der Waals surface area (Å²) in [6.45, 7) is 2.06. The quantitative estimate of drug-likeness (QED) is 0.742. The molecule has 0 spiro atoms. The van der Waals surface area contributed by atoms with E-state index < -0.39 is 0 Å². The van der Waals surface area contributed by atoms with Gasteiger partial charge in [0.15, 0.2) is 0 Å². The molecule has 1 aliphatic rings. The number of rotatable bonds is 4. The summed E-state index contributed by atoms with van der Waals surface area (Å²) in [5.41, 5.74) is 3.31. The van der Waals surface area contributed by atoms with Crippen molar-refractivity contribution < 1.29 is 9.53 Å². The highest BCUT2D eigenvalue weighted by atomic mass is 16.5. The van der Waals surface area contributed by atoms with Gasteiger partial charge >= 0.3 is 6.03 Å². The molecule has 27 heavy (non-hydrogen) atoms. The van der Waals surface area contributed by atoms with Gasteiger partial charge in [-0.2, -0.15) is 0 Å². The van der Waals surface area contributed by atoms with Crippen LogP contribution in [0.4, 0.5) is 4.79 Å². The lowest BCUT2D eigenvalue weighted by Crippen LogP contribution is -2.43. The van der Waals surface area contributed by atoms with E-state index in [0.717, 1.165) is 42.9 Å². The third kappa shape index (κ3) is 3.74. The maximum absolute atomic E-state index is 12.5. The maximum Gasteiger partial charge on any atom is 0.317 e. The predicted octanol–water partition coefficient (Wildman–Crippen LogP) is 3.66. The molecule has 0 aliphatic carbocycles. The van der Waals surface area contributed by atoms with E-state index in [1.807, 2.05) is 35.2 Å². The van der Waals surface area contributed by atoms with Crippen LogP contribution in [0.15, 0.2) is 48.8 Å². The Morgan fingerprint density at radius 1 is 1.26 bits per heavy atom. The van der Waals surface area contributed by atoms with Gasteiger partial charge in [0.05, 0.1) is 7.11 Å². The number of carbonyl (C=O) groups excluding carboxylic acids is 1. The fourth-order valence-electron chi connectivity index (χ4n) is 3.74. The number of benzene rings is 1. The predicted molar refractivity (Wildman–Crippen MR) is 105 cm³/mol. The number of methoxy groups -OCH3 is 1. The van der Waals surface area contributed by atoms with E-state index in [2.05, 4.69) is 27.5 Å². The Morgan fingerprint density at radius 2 is 2.04 bits per heavy atom. The second-order valence-electron chi connectivity index (χ2n) is 6.91. The highest BCUT2D eigenvalue weighted by Gasteiger charge is 2.25. The van der Waals surface area contributed by atoms with Gasteiger partial charge in [0.1, 0.15) is 11.4 Å². The monoisotopic (exact) mass is 364 g/mol. The zero-order chi connectivity index (χ0) is 18.6. The summed E-state index contributed by atoms with van der Waals surface area (Å²) in [5.74, 6) is 1.29. The van der Waals surface area contributed by atoms with E-state index >= 15 is 0 Å². The topological polar surface area (TPSA) is 70.2 Å². The molecule has 0 bridgehead atoms. The molecule has 1 fully saturated rings. The number of aromatic amines is 1. The van der Waals surface area contributed by atoms with Crippen molar-refractivity contribution in [2.24, 2.45) is 0 Å². The van der Waals surface area contributed by atoms with Crippen LogP contribution in [-0.4, -0.2) is 41.1 Å². The molecule has 3 heterocycles. The van der Waals surface area contributed by atoms with Gasteiger partial charge in [0.25, 0.3) is 0 Å². The Hall–Kier alpha value is -3.02. The molecular formula is C21H24N4O2. The first-order valence-corrected chi connectivity index (χ1v) is 9.32. The molecule has 1 saturated heterocycles. The van der Waals surface area contributed by atoms with Crippen molar-refractivity contribution in [3.05, 3.63) is 59.9 Å². The normalized spacial score (nSPS) is 15.1. The van der Waals surface area contributed by atoms with Gasteiger partial charge in [-0.1, -0.05) is 12.1 Å². The number of H-pyrrole nitrogens is 1. The summed E-state index contributed by atoms with van der Waals surface area (Å²) in [4.78, 5) is 22.0. The first-order chi connectivity index (χ1) is 13.2. The minimum absolute atomic E-state index is 0.00450. The largest absolute Gasteiger partial charge is 0.497 e. The number of ether oxygens (including phenoxy) is 1. The zero-order valence-corrected chi connectivity index (χ0v) is 15.4. The molecule has 6 heteroatoms. The number of hydrogen-bond donors (Lipinski definition) is 2. The lowest BCUT2D eigenvalue weighted by Gasteiger charge is -2.32. The maximum atomic E-state index is 12.5. The molecule has 0 saturated carbocycles. The van der Waals surface area contributed by atoms with Crippen LogP contribution in [0.1, 0.15) is 29.9 Å². The number of amides is 2. The van der Waals surface area contributed by atoms with Gasteiger partial charge in [0, 0.05) is 37.4 Å². The molecular weight excluding hydrogens is 340 g/mol. The van der Waals surface area contributed by atoms with Crippen molar-refractivity contribution in [1.29, 1.82) is 0 Å². The third-order valence-corrected chi connectivity index (χ3v) is 5.31. The number of nitrogens with one attached hydrogen (secondary N) is 2. The molecule has 1 aromatic carbocycles. The Labute approximate surface area is 158 Å². The fraction of sp³-hybridized carbons (Fsp3) is 0.333. The zero-order valence-electron chi connectivity index (χ0n) is 15.4. The Morgan fingerprint density at radius 3 is 2.78 bits per heavy atom. The number of carbonyl (C=O) groups is 1. The summed E-state index contributed by atoms with van der Waals surface area (Å²) < 4.78 is 5.16. The van der Waals surface area contributed by atoms with Gasteiger partial charge in [-0.25, -0.2) is 9.78 Å². The highest BCUT2D eigenvalue weighted by Crippen LogP contribution is 2.32. The SMILES string of the molecule is COc1ccc(CNC(=O)N2CCC(c3c[nH]c4ncccc34)CC2)cc1. The molecule has 0 atom stereocenters. The summed E-state index contributed by atoms with van der Waals surface area (Å²) in [7, 11) is 1.65. The number of urea groups is 1. The van der Waals surface area contributed by atoms with Gasteiger partial charge in [-0.15, -0.1) is 0 Å². The van der Waals surface area contributed by atoms with E-state index in [-0.39, 0.29) is 6.03 Å². The number of pyridine rings is 1. The molecule has 140 valence electrons. The van der Waals surface area contributed by atoms with Crippen LogP contribution in [0.2, 0.25) is 0 Å². The second-order valence-corrected chi connectivity index (χ2v) is 6.91. The van der Waals surface area contributed by atoms with Crippen molar-refractivity contribution in [1.82, 2.24) is 20.2 Å². The molecule has 6 nitrogen and oxygen atoms in total. The summed E-state index contributed by atoms with van der Waals surface area (Å²) >= 11 is 0. The van der Waals surface area contributed by atoms with E-state index in [1.165, 1.54) is 10.9 Å². The van der Waals surface area contributed by atoms with Crippen molar-refractivity contribution in [2.75, 3.05) is 20.2 Å². The summed E-state index contributed by atoms with van der Waals surface area (Å²) in [6, 6.07) is 11.8. The van der Waals surface area contributed by atoms with Crippen LogP contribution >= 0.6 is 0 Å². The van der Waals surface area contributed by atoms with Gasteiger partial charge in [-0.3, -0.25) is 0 Å². The van der Waals surface area contributed by atoms with Crippen LogP contribution in [-0.2, 0) is 6.54 Å². The Balaban J connectivity index is 1.31. The average Bonchev–Trinajstić information content (AvgIpc) is 3.16. The average molecular weight is 364 g/mol. The molecule has 1 aliphatic heterocycles. The number of aromatic nitrogens is 2. The number of piperidine rings is 1. The lowest BCUT2D eigenvalue weighted by molar-refractivity contribution is 0.181. The molecule has 4 rings (SSSR count). The fourth-order valence-corrected chi connectivity index (χ4v) is 3.74. The molecule has 0 radical (unpaired) electrons. The van der Waals surface area contributed by atoms with E-state index in [1.54, 1.807) is 13.3 Å². The molecule has 2 aromatic heterocycles. The minimum atomic E-state index is 0.00450. The smallest absolute Gasteiger partial charge is 0.317 e. The van der Waals surface area contributed by atoms with Crippen molar-refractivity contribution >= 4 is 17.1 Å². The minimum Gasteiger partial charge on any atom is -0.497 e. The summed E-state index contributed by atoms with van der Waals surface area (Å²) in [6.07, 6.45) is 5.82. The second kappa shape index (κ2) is 7.70. The van der Waals surface area contributed by atoms with Gasteiger partial charge < -0.3 is 19.9 Å². The van der Waals surface area contributed by atoms with Crippen LogP contribution in [0.3, 0.4) is 0 Å². The Kier molecular flexibility index (Phi) is 4.96. The van der Waals surface area contributed by atoms with Crippen LogP contribution in [0.25, 0.3) is 11.0 Å². The van der Waals surface area contributed by atoms with Crippen LogP contribution in [0, 0.1) is 0 Å². The number of likely N-dealkylation sites (tertiary alicyclic amines) is 1. The molecule has 2 N–H and O–H groups in total. The molecule has 3 aromatic rings. The molecule has 2 amide bonds. The van der Waals surface area contributed by atoms with Gasteiger partial charge in [-0.05, 0) is 54.2 Å². The van der Waals surface area contributed by atoms with Crippen LogP contribution < -0.4 is 10.1 Å². The lowest BCUT2D eigenvalue weighted by atomic mass is 9.89. The number of hydrogen-bond acceptors (Lipinski definition) is 3. The van der Waals surface area contributed by atoms with E-state index in [0.29, 0.717) is 12.5 Å². The Bertz CT molecular complexity index is 911. The number of nitrogens with zero attached hydrogens (tertiary/aromatic N) is 2. The standard InChI is InChI=1S/C21H24N4O2/c1-27-17-6-4-15(5-7-17)13-24-21(26)25-11-8-16(9-12-25)19-14-23-20-18(19)3-2-10-22-20/h2-7,10,14,16H,8-9,11-13H2,1H3,(H,22,23)(H,24,26). The molecule has 0 unspecified atom stereocenters.